The molecule has 1 fully saturated rings. The fraction of sp³-hybridized carbons (Fsp3) is 0.474. The molecular formula is C19H26N4O2S. The quantitative estimate of drug-likeness (QED) is 0.799. The molecule has 7 heteroatoms. The minimum absolute atomic E-state index is 0.00502. The van der Waals surface area contributed by atoms with Gasteiger partial charge in [-0.15, -0.1) is 0 Å². The first kappa shape index (κ1) is 18.7. The second kappa shape index (κ2) is 9.00. The number of aryl methyl sites for hydroxylation is 1. The Hall–Kier alpha value is -2.12. The largest absolute Gasteiger partial charge is 0.369 e. The van der Waals surface area contributed by atoms with E-state index in [9.17, 15) is 9.59 Å². The summed E-state index contributed by atoms with van der Waals surface area (Å²) in [4.78, 5) is 28.4. The molecule has 1 aromatic carbocycles. The molecule has 0 unspecified atom stereocenters. The Morgan fingerprint density at radius 3 is 2.50 bits per heavy atom. The lowest BCUT2D eigenvalue weighted by Crippen LogP contribution is -2.48. The highest BCUT2D eigenvalue weighted by molar-refractivity contribution is 7.07. The Morgan fingerprint density at radius 1 is 1.12 bits per heavy atom. The van der Waals surface area contributed by atoms with Crippen LogP contribution in [0.2, 0.25) is 0 Å². The predicted molar refractivity (Wildman–Crippen MR) is 106 cm³/mol. The molecule has 1 aliphatic rings. The van der Waals surface area contributed by atoms with Crippen molar-refractivity contribution >= 4 is 22.9 Å². The van der Waals surface area contributed by atoms with Crippen molar-refractivity contribution in [1.82, 2.24) is 14.8 Å². The average molecular weight is 375 g/mol. The molecule has 1 aromatic heterocycles. The van der Waals surface area contributed by atoms with E-state index in [2.05, 4.69) is 39.4 Å². The standard InChI is InChI=1S/C19H26N4O2S/c1-16-15-26-19(25)23(16)9-7-18(24)20-8-10-21-11-13-22(14-12-21)17-5-3-2-4-6-17/h2-6,15H,7-14H2,1H3,(H,20,24). The highest BCUT2D eigenvalue weighted by Crippen LogP contribution is 2.15. The number of rotatable bonds is 7. The van der Waals surface area contributed by atoms with Crippen molar-refractivity contribution in [2.45, 2.75) is 19.9 Å². The molecule has 0 bridgehead atoms. The van der Waals surface area contributed by atoms with Crippen LogP contribution in [0, 0.1) is 6.92 Å². The number of carbonyl (C=O) groups is 1. The number of nitrogens with one attached hydrogen (secondary N) is 1. The van der Waals surface area contributed by atoms with Gasteiger partial charge in [0.05, 0.1) is 0 Å². The van der Waals surface area contributed by atoms with Crippen molar-refractivity contribution in [3.05, 3.63) is 51.1 Å². The van der Waals surface area contributed by atoms with E-state index in [1.165, 1.54) is 17.0 Å². The van der Waals surface area contributed by atoms with Crippen LogP contribution in [0.1, 0.15) is 12.1 Å². The maximum atomic E-state index is 12.0. The van der Waals surface area contributed by atoms with Crippen molar-refractivity contribution in [3.63, 3.8) is 0 Å². The van der Waals surface area contributed by atoms with Crippen LogP contribution in [-0.4, -0.2) is 54.6 Å². The van der Waals surface area contributed by atoms with Gasteiger partial charge in [0.15, 0.2) is 0 Å². The van der Waals surface area contributed by atoms with Gasteiger partial charge in [-0.05, 0) is 19.1 Å². The van der Waals surface area contributed by atoms with E-state index >= 15 is 0 Å². The Balaban J connectivity index is 1.33. The Bertz CT molecular complexity index is 763. The Kier molecular flexibility index (Phi) is 6.46. The number of para-hydroxylation sites is 1. The fourth-order valence-corrected chi connectivity index (χ4v) is 3.96. The number of hydrogen-bond donors (Lipinski definition) is 1. The summed E-state index contributed by atoms with van der Waals surface area (Å²) in [5.74, 6) is 0.00502. The molecule has 140 valence electrons. The number of amides is 1. The van der Waals surface area contributed by atoms with Crippen LogP contribution in [0.5, 0.6) is 0 Å². The number of thiazole rings is 1. The highest BCUT2D eigenvalue weighted by Gasteiger charge is 2.16. The third kappa shape index (κ3) is 4.95. The van der Waals surface area contributed by atoms with E-state index in [0.717, 1.165) is 38.4 Å². The number of anilines is 1. The second-order valence-corrected chi connectivity index (χ2v) is 7.38. The fourth-order valence-electron chi connectivity index (χ4n) is 3.20. The number of hydrogen-bond acceptors (Lipinski definition) is 5. The monoisotopic (exact) mass is 374 g/mol. The third-order valence-electron chi connectivity index (χ3n) is 4.78. The predicted octanol–water partition coefficient (Wildman–Crippen LogP) is 1.55. The third-order valence-corrected chi connectivity index (χ3v) is 5.66. The van der Waals surface area contributed by atoms with E-state index < -0.39 is 0 Å². The van der Waals surface area contributed by atoms with Crippen LogP contribution in [0.25, 0.3) is 0 Å². The maximum Gasteiger partial charge on any atom is 0.307 e. The molecule has 1 amide bonds. The van der Waals surface area contributed by atoms with Gasteiger partial charge >= 0.3 is 4.87 Å². The molecular weight excluding hydrogens is 348 g/mol. The summed E-state index contributed by atoms with van der Waals surface area (Å²) in [6.45, 7) is 7.91. The van der Waals surface area contributed by atoms with Crippen LogP contribution < -0.4 is 15.1 Å². The molecule has 0 saturated carbocycles. The van der Waals surface area contributed by atoms with Gasteiger partial charge in [-0.2, -0.15) is 0 Å². The van der Waals surface area contributed by atoms with Crippen molar-refractivity contribution < 1.29 is 4.79 Å². The first-order chi connectivity index (χ1) is 12.6. The summed E-state index contributed by atoms with van der Waals surface area (Å²) in [5.41, 5.74) is 2.20. The number of aromatic nitrogens is 1. The Labute approximate surface area is 158 Å². The molecule has 6 nitrogen and oxygen atoms in total. The van der Waals surface area contributed by atoms with E-state index in [4.69, 9.17) is 0 Å². The van der Waals surface area contributed by atoms with Crippen molar-refractivity contribution in [1.29, 1.82) is 0 Å². The minimum Gasteiger partial charge on any atom is -0.369 e. The van der Waals surface area contributed by atoms with Gasteiger partial charge in [0, 0.05) is 69.0 Å². The molecule has 2 aromatic rings. The maximum absolute atomic E-state index is 12.0. The Morgan fingerprint density at radius 2 is 1.85 bits per heavy atom. The zero-order valence-electron chi connectivity index (χ0n) is 15.2. The number of piperazine rings is 1. The van der Waals surface area contributed by atoms with Gasteiger partial charge in [0.1, 0.15) is 0 Å². The van der Waals surface area contributed by atoms with E-state index in [1.54, 1.807) is 4.57 Å². The molecule has 1 saturated heterocycles. The van der Waals surface area contributed by atoms with Gasteiger partial charge in [-0.1, -0.05) is 29.5 Å². The van der Waals surface area contributed by atoms with Crippen molar-refractivity contribution in [3.8, 4) is 0 Å². The molecule has 26 heavy (non-hydrogen) atoms. The minimum atomic E-state index is 0.00502. The number of benzene rings is 1. The van der Waals surface area contributed by atoms with E-state index in [0.29, 0.717) is 19.5 Å². The molecule has 0 spiro atoms. The molecule has 3 rings (SSSR count). The topological polar surface area (TPSA) is 57.6 Å². The zero-order valence-corrected chi connectivity index (χ0v) is 16.0. The molecule has 0 atom stereocenters. The molecule has 0 radical (unpaired) electrons. The second-order valence-electron chi connectivity index (χ2n) is 6.56. The summed E-state index contributed by atoms with van der Waals surface area (Å²) in [6, 6.07) is 10.5. The van der Waals surface area contributed by atoms with Crippen LogP contribution in [-0.2, 0) is 11.3 Å². The smallest absolute Gasteiger partial charge is 0.307 e. The lowest BCUT2D eigenvalue weighted by atomic mass is 10.2. The highest BCUT2D eigenvalue weighted by atomic mass is 32.1. The summed E-state index contributed by atoms with van der Waals surface area (Å²) in [7, 11) is 0. The zero-order chi connectivity index (χ0) is 18.4. The molecule has 1 aliphatic heterocycles. The van der Waals surface area contributed by atoms with Crippen LogP contribution in [0.3, 0.4) is 0 Å². The summed E-state index contributed by atoms with van der Waals surface area (Å²) in [6.07, 6.45) is 0.346. The first-order valence-corrected chi connectivity index (χ1v) is 9.95. The molecule has 1 N–H and O–H groups in total. The summed E-state index contributed by atoms with van der Waals surface area (Å²) in [5, 5.41) is 4.80. The van der Waals surface area contributed by atoms with Gasteiger partial charge < -0.3 is 14.8 Å². The number of carbonyl (C=O) groups excluding carboxylic acids is 1. The van der Waals surface area contributed by atoms with Crippen LogP contribution >= 0.6 is 11.3 Å². The average Bonchev–Trinajstić information content (AvgIpc) is 2.99. The van der Waals surface area contributed by atoms with Crippen LogP contribution in [0.15, 0.2) is 40.5 Å². The molecule has 0 aliphatic carbocycles. The lowest BCUT2D eigenvalue weighted by Gasteiger charge is -2.36. The van der Waals surface area contributed by atoms with E-state index in [1.807, 2.05) is 18.4 Å². The first-order valence-electron chi connectivity index (χ1n) is 9.07. The SMILES string of the molecule is Cc1csc(=O)n1CCC(=O)NCCN1CCN(c2ccccc2)CC1. The van der Waals surface area contributed by atoms with E-state index in [-0.39, 0.29) is 10.8 Å². The lowest BCUT2D eigenvalue weighted by molar-refractivity contribution is -0.121. The van der Waals surface area contributed by atoms with Crippen molar-refractivity contribution in [2.24, 2.45) is 0 Å². The van der Waals surface area contributed by atoms with Gasteiger partial charge in [-0.3, -0.25) is 14.5 Å². The van der Waals surface area contributed by atoms with Crippen LogP contribution in [0.4, 0.5) is 5.69 Å². The van der Waals surface area contributed by atoms with Gasteiger partial charge in [0.2, 0.25) is 5.91 Å². The summed E-state index contributed by atoms with van der Waals surface area (Å²) < 4.78 is 1.66. The van der Waals surface area contributed by atoms with Crippen molar-refractivity contribution in [2.75, 3.05) is 44.2 Å². The van der Waals surface area contributed by atoms with Gasteiger partial charge in [-0.25, -0.2) is 0 Å². The van der Waals surface area contributed by atoms with Gasteiger partial charge in [0.25, 0.3) is 0 Å². The number of nitrogens with zero attached hydrogens (tertiary/aromatic N) is 3. The summed E-state index contributed by atoms with van der Waals surface area (Å²) >= 11 is 1.18. The normalized spacial score (nSPS) is 15.2. The molecule has 2 heterocycles.